The van der Waals surface area contributed by atoms with Crippen LogP contribution in [0.15, 0.2) is 54.7 Å². The molecule has 1 atom stereocenters. The number of halogens is 2. The Hall–Kier alpha value is -2.77. The fourth-order valence-electron chi connectivity index (χ4n) is 3.97. The molecule has 0 radical (unpaired) electrons. The van der Waals surface area contributed by atoms with Crippen LogP contribution in [0.2, 0.25) is 5.02 Å². The summed E-state index contributed by atoms with van der Waals surface area (Å²) < 4.78 is 14.7. The predicted molar refractivity (Wildman–Crippen MR) is 115 cm³/mol. The van der Waals surface area contributed by atoms with Gasteiger partial charge in [-0.1, -0.05) is 53.2 Å². The van der Waals surface area contributed by atoms with Crippen LogP contribution in [-0.4, -0.2) is 50.1 Å². The fraction of sp³-hybridized carbons (Fsp3) is 0.348. The van der Waals surface area contributed by atoms with E-state index in [-0.39, 0.29) is 17.5 Å². The maximum atomic E-state index is 13.2. The first-order chi connectivity index (χ1) is 15.0. The Kier molecular flexibility index (Phi) is 6.63. The highest BCUT2D eigenvalue weighted by atomic mass is 35.5. The Bertz CT molecular complexity index is 1040. The lowest BCUT2D eigenvalue weighted by atomic mass is 9.88. The highest BCUT2D eigenvalue weighted by Crippen LogP contribution is 2.24. The van der Waals surface area contributed by atoms with Crippen molar-refractivity contribution in [1.29, 1.82) is 0 Å². The van der Waals surface area contributed by atoms with E-state index in [1.165, 1.54) is 16.8 Å². The molecule has 0 saturated carbocycles. The maximum Gasteiger partial charge on any atom is 0.276 e. The van der Waals surface area contributed by atoms with E-state index < -0.39 is 11.9 Å². The number of likely N-dealkylation sites (tertiary alicyclic amines) is 1. The van der Waals surface area contributed by atoms with E-state index in [2.05, 4.69) is 10.3 Å². The average Bonchev–Trinajstić information content (AvgIpc) is 3.24. The molecule has 1 saturated heterocycles. The largest absolute Gasteiger partial charge is 0.392 e. The highest BCUT2D eigenvalue weighted by Gasteiger charge is 2.29. The van der Waals surface area contributed by atoms with Gasteiger partial charge in [-0.05, 0) is 48.4 Å². The smallest absolute Gasteiger partial charge is 0.276 e. The van der Waals surface area contributed by atoms with E-state index in [4.69, 9.17) is 11.6 Å². The number of amides is 1. The van der Waals surface area contributed by atoms with Crippen molar-refractivity contribution in [3.8, 4) is 0 Å². The zero-order valence-electron chi connectivity index (χ0n) is 17.0. The number of nitrogens with zero attached hydrogens (tertiary/aromatic N) is 4. The van der Waals surface area contributed by atoms with Crippen LogP contribution in [0.3, 0.4) is 0 Å². The standard InChI is InChI=1S/C23H24ClFN4O2/c24-20-13-19(25)7-6-18(20)14-29-15-21(26-27-29)23(31)28-10-8-17(9-11-28)22(30)12-16-4-2-1-3-5-16/h1-7,13,15,17,22,30H,8-12,14H2/t22-/m1/s1. The van der Waals surface area contributed by atoms with Crippen LogP contribution in [0.4, 0.5) is 4.39 Å². The van der Waals surface area contributed by atoms with Gasteiger partial charge in [0.15, 0.2) is 5.69 Å². The van der Waals surface area contributed by atoms with Gasteiger partial charge in [-0.25, -0.2) is 9.07 Å². The number of carbonyl (C=O) groups excluding carboxylic acids is 1. The summed E-state index contributed by atoms with van der Waals surface area (Å²) in [7, 11) is 0. The molecule has 0 bridgehead atoms. The van der Waals surface area contributed by atoms with Gasteiger partial charge < -0.3 is 10.0 Å². The van der Waals surface area contributed by atoms with Gasteiger partial charge in [-0.2, -0.15) is 0 Å². The molecule has 3 aromatic rings. The van der Waals surface area contributed by atoms with Gasteiger partial charge in [0.05, 0.1) is 18.8 Å². The van der Waals surface area contributed by atoms with Crippen molar-refractivity contribution < 1.29 is 14.3 Å². The molecule has 0 spiro atoms. The Morgan fingerprint density at radius 3 is 2.65 bits per heavy atom. The summed E-state index contributed by atoms with van der Waals surface area (Å²) >= 11 is 6.06. The summed E-state index contributed by atoms with van der Waals surface area (Å²) in [5, 5.41) is 18.9. The molecule has 8 heteroatoms. The van der Waals surface area contributed by atoms with Crippen LogP contribution in [0.1, 0.15) is 34.5 Å². The van der Waals surface area contributed by atoms with Gasteiger partial charge in [0, 0.05) is 18.1 Å². The van der Waals surface area contributed by atoms with Crippen molar-refractivity contribution in [3.63, 3.8) is 0 Å². The van der Waals surface area contributed by atoms with Crippen LogP contribution in [0.5, 0.6) is 0 Å². The lowest BCUT2D eigenvalue weighted by Gasteiger charge is -2.34. The van der Waals surface area contributed by atoms with Gasteiger partial charge in [-0.3, -0.25) is 4.79 Å². The Morgan fingerprint density at radius 1 is 1.19 bits per heavy atom. The summed E-state index contributed by atoms with van der Waals surface area (Å²) in [6.45, 7) is 1.45. The minimum atomic E-state index is -0.416. The third kappa shape index (κ3) is 5.29. The third-order valence-corrected chi connectivity index (χ3v) is 6.12. The molecule has 1 aliphatic heterocycles. The summed E-state index contributed by atoms with van der Waals surface area (Å²) in [6.07, 6.45) is 3.29. The van der Waals surface area contributed by atoms with Crippen molar-refractivity contribution in [2.75, 3.05) is 13.1 Å². The van der Waals surface area contributed by atoms with E-state index in [0.717, 1.165) is 18.4 Å². The first-order valence-corrected chi connectivity index (χ1v) is 10.7. The average molecular weight is 443 g/mol. The summed E-state index contributed by atoms with van der Waals surface area (Å²) in [6, 6.07) is 14.1. The summed E-state index contributed by atoms with van der Waals surface area (Å²) in [4.78, 5) is 14.6. The molecule has 4 rings (SSSR count). The lowest BCUT2D eigenvalue weighted by Crippen LogP contribution is -2.41. The second-order valence-electron chi connectivity index (χ2n) is 7.92. The fourth-order valence-corrected chi connectivity index (χ4v) is 4.20. The lowest BCUT2D eigenvalue weighted by molar-refractivity contribution is 0.0463. The normalized spacial score (nSPS) is 15.8. The predicted octanol–water partition coefficient (Wildman–Crippen LogP) is 3.57. The molecule has 1 aliphatic rings. The number of aromatic nitrogens is 3. The molecule has 2 heterocycles. The molecule has 162 valence electrons. The molecule has 1 N–H and O–H groups in total. The van der Waals surface area contributed by atoms with E-state index in [1.807, 2.05) is 30.3 Å². The maximum absolute atomic E-state index is 13.2. The van der Waals surface area contributed by atoms with Crippen molar-refractivity contribution in [2.24, 2.45) is 5.92 Å². The molecule has 31 heavy (non-hydrogen) atoms. The Morgan fingerprint density at radius 2 is 1.94 bits per heavy atom. The summed E-state index contributed by atoms with van der Waals surface area (Å²) in [5.41, 5.74) is 2.08. The van der Waals surface area contributed by atoms with Crippen molar-refractivity contribution in [1.82, 2.24) is 19.9 Å². The zero-order chi connectivity index (χ0) is 21.8. The quantitative estimate of drug-likeness (QED) is 0.633. The SMILES string of the molecule is O=C(c1cn(Cc2ccc(F)cc2Cl)nn1)N1CCC([C@H](O)Cc2ccccc2)CC1. The van der Waals surface area contributed by atoms with Crippen molar-refractivity contribution >= 4 is 17.5 Å². The van der Waals surface area contributed by atoms with Crippen molar-refractivity contribution in [3.05, 3.63) is 82.4 Å². The number of aliphatic hydroxyl groups is 1. The first-order valence-electron chi connectivity index (χ1n) is 10.3. The second kappa shape index (κ2) is 9.58. The number of carbonyl (C=O) groups is 1. The molecule has 1 fully saturated rings. The number of hydrogen-bond donors (Lipinski definition) is 1. The van der Waals surface area contributed by atoms with Crippen LogP contribution in [0.25, 0.3) is 0 Å². The van der Waals surface area contributed by atoms with Gasteiger partial charge in [0.25, 0.3) is 5.91 Å². The Balaban J connectivity index is 1.31. The van der Waals surface area contributed by atoms with Crippen molar-refractivity contribution in [2.45, 2.75) is 31.9 Å². The molecule has 1 amide bonds. The van der Waals surface area contributed by atoms with E-state index in [9.17, 15) is 14.3 Å². The topological polar surface area (TPSA) is 71.2 Å². The van der Waals surface area contributed by atoms with E-state index in [0.29, 0.717) is 36.6 Å². The first kappa shape index (κ1) is 21.5. The van der Waals surface area contributed by atoms with Crippen LogP contribution in [-0.2, 0) is 13.0 Å². The molecule has 2 aromatic carbocycles. The number of rotatable bonds is 6. The minimum Gasteiger partial charge on any atom is -0.392 e. The molecule has 6 nitrogen and oxygen atoms in total. The number of piperidine rings is 1. The zero-order valence-corrected chi connectivity index (χ0v) is 17.7. The van der Waals surface area contributed by atoms with Gasteiger partial charge >= 0.3 is 0 Å². The van der Waals surface area contributed by atoms with E-state index >= 15 is 0 Å². The molecular weight excluding hydrogens is 419 g/mol. The number of hydrogen-bond acceptors (Lipinski definition) is 4. The van der Waals surface area contributed by atoms with Gasteiger partial charge in [0.2, 0.25) is 0 Å². The second-order valence-corrected chi connectivity index (χ2v) is 8.33. The summed E-state index contributed by atoms with van der Waals surface area (Å²) in [5.74, 6) is -0.409. The number of benzene rings is 2. The van der Waals surface area contributed by atoms with E-state index in [1.54, 1.807) is 17.2 Å². The Labute approximate surface area is 185 Å². The molecule has 0 unspecified atom stereocenters. The van der Waals surface area contributed by atoms with Crippen LogP contribution < -0.4 is 0 Å². The van der Waals surface area contributed by atoms with Gasteiger partial charge in [0.1, 0.15) is 5.82 Å². The molecule has 1 aromatic heterocycles. The van der Waals surface area contributed by atoms with Gasteiger partial charge in [-0.15, -0.1) is 5.10 Å². The van der Waals surface area contributed by atoms with Crippen LogP contribution in [0, 0.1) is 11.7 Å². The van der Waals surface area contributed by atoms with Crippen LogP contribution >= 0.6 is 11.6 Å². The minimum absolute atomic E-state index is 0.167. The highest BCUT2D eigenvalue weighted by molar-refractivity contribution is 6.31. The molecule has 0 aliphatic carbocycles. The third-order valence-electron chi connectivity index (χ3n) is 5.76. The number of aliphatic hydroxyl groups excluding tert-OH is 1. The monoisotopic (exact) mass is 442 g/mol. The molecular formula is C23H24ClFN4O2.